The molecule has 0 fully saturated rings. The summed E-state index contributed by atoms with van der Waals surface area (Å²) in [5, 5.41) is 11.4. The van der Waals surface area contributed by atoms with E-state index >= 15 is 0 Å². The van der Waals surface area contributed by atoms with E-state index in [0.717, 1.165) is 24.5 Å². The number of benzene rings is 1. The number of rotatable bonds is 6. The van der Waals surface area contributed by atoms with E-state index in [2.05, 4.69) is 12.2 Å². The van der Waals surface area contributed by atoms with Crippen molar-refractivity contribution >= 4 is 18.0 Å². The van der Waals surface area contributed by atoms with Gasteiger partial charge in [0.25, 0.3) is 5.91 Å². The first-order valence-corrected chi connectivity index (χ1v) is 6.35. The van der Waals surface area contributed by atoms with Crippen molar-refractivity contribution < 1.29 is 14.7 Å². The Morgan fingerprint density at radius 2 is 1.95 bits per heavy atom. The molecule has 4 heteroatoms. The average molecular weight is 261 g/mol. The van der Waals surface area contributed by atoms with E-state index in [0.29, 0.717) is 5.56 Å². The first kappa shape index (κ1) is 15.0. The van der Waals surface area contributed by atoms with E-state index in [-0.39, 0.29) is 11.9 Å². The van der Waals surface area contributed by atoms with E-state index in [9.17, 15) is 9.59 Å². The molecule has 0 aromatic heterocycles. The summed E-state index contributed by atoms with van der Waals surface area (Å²) in [6.07, 6.45) is 4.54. The van der Waals surface area contributed by atoms with Gasteiger partial charge in [-0.25, -0.2) is 4.79 Å². The monoisotopic (exact) mass is 261 g/mol. The van der Waals surface area contributed by atoms with Crippen molar-refractivity contribution in [3.05, 3.63) is 41.5 Å². The Morgan fingerprint density at radius 3 is 2.47 bits per heavy atom. The molecule has 0 saturated heterocycles. The zero-order valence-corrected chi connectivity index (χ0v) is 11.2. The van der Waals surface area contributed by atoms with E-state index in [1.54, 1.807) is 24.3 Å². The summed E-state index contributed by atoms with van der Waals surface area (Å²) in [5.74, 6) is -1.09. The minimum atomic E-state index is -0.991. The number of carbonyl (C=O) groups excluding carboxylic acids is 1. The van der Waals surface area contributed by atoms with Gasteiger partial charge in [0.1, 0.15) is 0 Å². The molecule has 1 rings (SSSR count). The first-order valence-electron chi connectivity index (χ1n) is 6.35. The van der Waals surface area contributed by atoms with Crippen LogP contribution in [0.3, 0.4) is 0 Å². The minimum Gasteiger partial charge on any atom is -0.478 e. The second kappa shape index (κ2) is 7.36. The lowest BCUT2D eigenvalue weighted by Crippen LogP contribution is -2.32. The molecule has 0 bridgehead atoms. The molecule has 0 spiro atoms. The molecule has 0 aliphatic rings. The number of hydrogen-bond acceptors (Lipinski definition) is 2. The summed E-state index contributed by atoms with van der Waals surface area (Å²) < 4.78 is 0. The lowest BCUT2D eigenvalue weighted by molar-refractivity contribution is -0.131. The van der Waals surface area contributed by atoms with Crippen LogP contribution in [-0.2, 0) is 4.79 Å². The van der Waals surface area contributed by atoms with E-state index in [1.165, 1.54) is 6.08 Å². The van der Waals surface area contributed by atoms with Crippen LogP contribution in [0.5, 0.6) is 0 Å². The van der Waals surface area contributed by atoms with Gasteiger partial charge in [-0.3, -0.25) is 4.79 Å². The molecule has 102 valence electrons. The molecular formula is C15H19NO3. The maximum absolute atomic E-state index is 11.9. The Bertz CT molecular complexity index is 463. The van der Waals surface area contributed by atoms with Gasteiger partial charge >= 0.3 is 5.97 Å². The van der Waals surface area contributed by atoms with Crippen LogP contribution >= 0.6 is 0 Å². The van der Waals surface area contributed by atoms with Gasteiger partial charge in [0.2, 0.25) is 0 Å². The van der Waals surface area contributed by atoms with Gasteiger partial charge in [-0.05, 0) is 37.1 Å². The summed E-state index contributed by atoms with van der Waals surface area (Å²) in [6.45, 7) is 4.05. The van der Waals surface area contributed by atoms with Crippen molar-refractivity contribution in [2.75, 3.05) is 0 Å². The highest BCUT2D eigenvalue weighted by Gasteiger charge is 2.08. The molecule has 0 aliphatic heterocycles. The van der Waals surface area contributed by atoms with Crippen molar-refractivity contribution in [2.24, 2.45) is 0 Å². The number of aliphatic carboxylic acids is 1. The predicted octanol–water partition coefficient (Wildman–Crippen LogP) is 2.70. The molecule has 0 saturated carbocycles. The highest BCUT2D eigenvalue weighted by molar-refractivity contribution is 5.94. The van der Waals surface area contributed by atoms with Crippen LogP contribution in [0.25, 0.3) is 6.08 Å². The third-order valence-corrected chi connectivity index (χ3v) is 2.69. The van der Waals surface area contributed by atoms with Crippen LogP contribution < -0.4 is 5.32 Å². The number of carboxylic acids is 1. The topological polar surface area (TPSA) is 66.4 Å². The minimum absolute atomic E-state index is 0.102. The predicted molar refractivity (Wildman–Crippen MR) is 74.9 cm³/mol. The van der Waals surface area contributed by atoms with Crippen molar-refractivity contribution in [1.82, 2.24) is 5.32 Å². The quantitative estimate of drug-likeness (QED) is 0.774. The number of hydrogen-bond donors (Lipinski definition) is 2. The first-order chi connectivity index (χ1) is 9.02. The van der Waals surface area contributed by atoms with Gasteiger partial charge in [0.05, 0.1) is 0 Å². The van der Waals surface area contributed by atoms with Crippen LogP contribution in [0.2, 0.25) is 0 Å². The molecule has 4 nitrogen and oxygen atoms in total. The number of carboxylic acid groups (broad SMARTS) is 1. The zero-order chi connectivity index (χ0) is 14.3. The lowest BCUT2D eigenvalue weighted by atomic mass is 10.1. The molecule has 0 aliphatic carbocycles. The maximum atomic E-state index is 11.9. The Hall–Kier alpha value is -2.10. The van der Waals surface area contributed by atoms with Crippen LogP contribution in [0.1, 0.15) is 42.6 Å². The van der Waals surface area contributed by atoms with Gasteiger partial charge < -0.3 is 10.4 Å². The molecule has 19 heavy (non-hydrogen) atoms. The van der Waals surface area contributed by atoms with Crippen molar-refractivity contribution in [3.63, 3.8) is 0 Å². The van der Waals surface area contributed by atoms with E-state index in [1.807, 2.05) is 6.92 Å². The summed E-state index contributed by atoms with van der Waals surface area (Å²) in [5.41, 5.74) is 1.33. The fourth-order valence-corrected chi connectivity index (χ4v) is 1.73. The Morgan fingerprint density at radius 1 is 1.32 bits per heavy atom. The summed E-state index contributed by atoms with van der Waals surface area (Å²) in [6, 6.07) is 6.98. The molecule has 0 heterocycles. The fraction of sp³-hybridized carbons (Fsp3) is 0.333. The number of amides is 1. The Kier molecular flexibility index (Phi) is 5.79. The third-order valence-electron chi connectivity index (χ3n) is 2.69. The molecule has 1 atom stereocenters. The van der Waals surface area contributed by atoms with Gasteiger partial charge in [-0.15, -0.1) is 0 Å². The normalized spacial score (nSPS) is 12.3. The van der Waals surface area contributed by atoms with Crippen molar-refractivity contribution in [1.29, 1.82) is 0 Å². The molecule has 1 unspecified atom stereocenters. The van der Waals surface area contributed by atoms with Gasteiger partial charge in [-0.2, -0.15) is 0 Å². The van der Waals surface area contributed by atoms with Gasteiger partial charge in [-0.1, -0.05) is 25.5 Å². The summed E-state index contributed by atoms with van der Waals surface area (Å²) >= 11 is 0. The molecular weight excluding hydrogens is 242 g/mol. The molecule has 1 aromatic rings. The smallest absolute Gasteiger partial charge is 0.328 e. The molecule has 0 radical (unpaired) electrons. The standard InChI is InChI=1S/C15H19NO3/c1-3-4-11(2)16-15(19)13-8-5-12(6-9-13)7-10-14(17)18/h5-11H,3-4H2,1-2H3,(H,16,19)(H,17,18). The highest BCUT2D eigenvalue weighted by atomic mass is 16.4. The lowest BCUT2D eigenvalue weighted by Gasteiger charge is -2.12. The zero-order valence-electron chi connectivity index (χ0n) is 11.2. The van der Waals surface area contributed by atoms with Gasteiger partial charge in [0.15, 0.2) is 0 Å². The van der Waals surface area contributed by atoms with Gasteiger partial charge in [0, 0.05) is 17.7 Å². The van der Waals surface area contributed by atoms with Crippen LogP contribution in [0.4, 0.5) is 0 Å². The van der Waals surface area contributed by atoms with Crippen molar-refractivity contribution in [3.8, 4) is 0 Å². The highest BCUT2D eigenvalue weighted by Crippen LogP contribution is 2.07. The fourth-order valence-electron chi connectivity index (χ4n) is 1.73. The van der Waals surface area contributed by atoms with E-state index in [4.69, 9.17) is 5.11 Å². The SMILES string of the molecule is CCCC(C)NC(=O)c1ccc(C=CC(=O)O)cc1. The number of carbonyl (C=O) groups is 2. The number of nitrogens with one attached hydrogen (secondary N) is 1. The van der Waals surface area contributed by atoms with Crippen LogP contribution in [0, 0.1) is 0 Å². The largest absolute Gasteiger partial charge is 0.478 e. The van der Waals surface area contributed by atoms with Crippen LogP contribution in [-0.4, -0.2) is 23.0 Å². The van der Waals surface area contributed by atoms with Crippen molar-refractivity contribution in [2.45, 2.75) is 32.7 Å². The Balaban J connectivity index is 2.65. The van der Waals surface area contributed by atoms with Crippen LogP contribution in [0.15, 0.2) is 30.3 Å². The molecule has 1 amide bonds. The molecule has 2 N–H and O–H groups in total. The second-order valence-electron chi connectivity index (χ2n) is 4.46. The average Bonchev–Trinajstić information content (AvgIpc) is 2.37. The summed E-state index contributed by atoms with van der Waals surface area (Å²) in [4.78, 5) is 22.3. The third kappa shape index (κ3) is 5.38. The Labute approximate surface area is 113 Å². The summed E-state index contributed by atoms with van der Waals surface area (Å²) in [7, 11) is 0. The van der Waals surface area contributed by atoms with E-state index < -0.39 is 5.97 Å². The molecule has 1 aromatic carbocycles. The second-order valence-corrected chi connectivity index (χ2v) is 4.46. The maximum Gasteiger partial charge on any atom is 0.328 e.